The predicted molar refractivity (Wildman–Crippen MR) is 62.2 cm³/mol. The fraction of sp³-hybridized carbons (Fsp3) is 0.250. The zero-order chi connectivity index (χ0) is 11.7. The van der Waals surface area contributed by atoms with Crippen molar-refractivity contribution >= 4 is 11.6 Å². The third-order valence-electron chi connectivity index (χ3n) is 2.74. The van der Waals surface area contributed by atoms with Gasteiger partial charge in [0.1, 0.15) is 5.82 Å². The quantitative estimate of drug-likeness (QED) is 0.785. The van der Waals surface area contributed by atoms with Crippen molar-refractivity contribution in [3.63, 3.8) is 0 Å². The number of benzene rings is 1. The Balaban J connectivity index is 2.38. The van der Waals surface area contributed by atoms with Crippen molar-refractivity contribution in [2.45, 2.75) is 20.4 Å². The van der Waals surface area contributed by atoms with Gasteiger partial charge in [-0.25, -0.2) is 9.37 Å². The minimum atomic E-state index is -0.279. The molecule has 0 saturated carbocycles. The highest BCUT2D eigenvalue weighted by atomic mass is 35.5. The minimum absolute atomic E-state index is 0.279. The molecule has 2 nitrogen and oxygen atoms in total. The summed E-state index contributed by atoms with van der Waals surface area (Å²) in [4.78, 5) is 4.17. The van der Waals surface area contributed by atoms with Crippen LogP contribution in [0, 0.1) is 19.7 Å². The second kappa shape index (κ2) is 4.26. The summed E-state index contributed by atoms with van der Waals surface area (Å²) < 4.78 is 15.4. The molecule has 0 atom stereocenters. The van der Waals surface area contributed by atoms with Crippen LogP contribution in [0.15, 0.2) is 24.5 Å². The molecule has 0 radical (unpaired) electrons. The molecule has 1 aromatic carbocycles. The van der Waals surface area contributed by atoms with Gasteiger partial charge in [0.2, 0.25) is 0 Å². The van der Waals surface area contributed by atoms with E-state index in [0.29, 0.717) is 17.1 Å². The zero-order valence-electron chi connectivity index (χ0n) is 9.17. The van der Waals surface area contributed by atoms with Gasteiger partial charge in [-0.1, -0.05) is 17.7 Å². The molecule has 0 aliphatic rings. The molecule has 0 saturated heterocycles. The van der Waals surface area contributed by atoms with E-state index in [-0.39, 0.29) is 5.82 Å². The van der Waals surface area contributed by atoms with Gasteiger partial charge in [0.15, 0.2) is 0 Å². The maximum atomic E-state index is 13.6. The Morgan fingerprint density at radius 3 is 2.69 bits per heavy atom. The number of hydrogen-bond acceptors (Lipinski definition) is 1. The summed E-state index contributed by atoms with van der Waals surface area (Å²) in [5, 5.41) is 0.450. The molecule has 0 aliphatic heterocycles. The molecule has 0 fully saturated rings. The lowest BCUT2D eigenvalue weighted by Crippen LogP contribution is -2.03. The van der Waals surface area contributed by atoms with Gasteiger partial charge in [-0.05, 0) is 26.0 Å². The van der Waals surface area contributed by atoms with Gasteiger partial charge in [-0.15, -0.1) is 0 Å². The number of halogens is 2. The molecule has 2 rings (SSSR count). The molecule has 1 aromatic heterocycles. The van der Waals surface area contributed by atoms with Crippen molar-refractivity contribution in [3.8, 4) is 0 Å². The van der Waals surface area contributed by atoms with Crippen molar-refractivity contribution in [3.05, 3.63) is 52.3 Å². The summed E-state index contributed by atoms with van der Waals surface area (Å²) in [5.74, 6) is -0.279. The SMILES string of the molecule is Cc1ncn(Cc2c(F)cccc2Cl)c1C. The molecular formula is C12H12ClFN2. The van der Waals surface area contributed by atoms with Crippen LogP contribution in [0.1, 0.15) is 17.0 Å². The highest BCUT2D eigenvalue weighted by Crippen LogP contribution is 2.20. The van der Waals surface area contributed by atoms with E-state index in [9.17, 15) is 4.39 Å². The summed E-state index contributed by atoms with van der Waals surface area (Å²) in [6.45, 7) is 4.30. The summed E-state index contributed by atoms with van der Waals surface area (Å²) in [7, 11) is 0. The molecule has 4 heteroatoms. The molecule has 0 aliphatic carbocycles. The van der Waals surface area contributed by atoms with Crippen LogP contribution in [0.2, 0.25) is 5.02 Å². The van der Waals surface area contributed by atoms with E-state index in [1.54, 1.807) is 18.5 Å². The Kier molecular flexibility index (Phi) is 2.97. The van der Waals surface area contributed by atoms with Crippen molar-refractivity contribution in [2.75, 3.05) is 0 Å². The third-order valence-corrected chi connectivity index (χ3v) is 3.09. The van der Waals surface area contributed by atoms with E-state index in [4.69, 9.17) is 11.6 Å². The number of imidazole rings is 1. The molecule has 1 heterocycles. The fourth-order valence-corrected chi connectivity index (χ4v) is 1.78. The average Bonchev–Trinajstić information content (AvgIpc) is 2.55. The van der Waals surface area contributed by atoms with E-state index in [1.165, 1.54) is 6.07 Å². The third kappa shape index (κ3) is 1.95. The summed E-state index contributed by atoms with van der Waals surface area (Å²) >= 11 is 5.96. The highest BCUT2D eigenvalue weighted by Gasteiger charge is 2.09. The van der Waals surface area contributed by atoms with E-state index in [2.05, 4.69) is 4.98 Å². The molecular weight excluding hydrogens is 227 g/mol. The van der Waals surface area contributed by atoms with E-state index in [1.807, 2.05) is 18.4 Å². The molecule has 0 N–H and O–H groups in total. The van der Waals surface area contributed by atoms with Gasteiger partial charge in [0, 0.05) is 16.3 Å². The number of aryl methyl sites for hydroxylation is 1. The van der Waals surface area contributed by atoms with Crippen LogP contribution in [0.25, 0.3) is 0 Å². The predicted octanol–water partition coefficient (Wildman–Crippen LogP) is 3.34. The lowest BCUT2D eigenvalue weighted by Gasteiger charge is -2.08. The largest absolute Gasteiger partial charge is 0.330 e. The fourth-order valence-electron chi connectivity index (χ4n) is 1.56. The lowest BCUT2D eigenvalue weighted by atomic mass is 10.2. The van der Waals surface area contributed by atoms with Gasteiger partial charge in [0.25, 0.3) is 0 Å². The monoisotopic (exact) mass is 238 g/mol. The molecule has 84 valence electrons. The Morgan fingerprint density at radius 1 is 1.38 bits per heavy atom. The number of hydrogen-bond donors (Lipinski definition) is 0. The normalized spacial score (nSPS) is 10.8. The number of rotatable bonds is 2. The highest BCUT2D eigenvalue weighted by molar-refractivity contribution is 6.31. The van der Waals surface area contributed by atoms with Gasteiger partial charge in [-0.2, -0.15) is 0 Å². The Bertz CT molecular complexity index is 499. The molecule has 0 spiro atoms. The Hall–Kier alpha value is -1.35. The van der Waals surface area contributed by atoms with Gasteiger partial charge < -0.3 is 4.57 Å². The Morgan fingerprint density at radius 2 is 2.12 bits per heavy atom. The number of nitrogens with zero attached hydrogens (tertiary/aromatic N) is 2. The van der Waals surface area contributed by atoms with E-state index in [0.717, 1.165) is 11.4 Å². The maximum absolute atomic E-state index is 13.6. The first-order valence-electron chi connectivity index (χ1n) is 5.01. The number of aromatic nitrogens is 2. The first-order chi connectivity index (χ1) is 7.59. The van der Waals surface area contributed by atoms with E-state index < -0.39 is 0 Å². The summed E-state index contributed by atoms with van der Waals surface area (Å²) in [6, 6.07) is 4.71. The van der Waals surface area contributed by atoms with Crippen LogP contribution in [-0.4, -0.2) is 9.55 Å². The zero-order valence-corrected chi connectivity index (χ0v) is 9.92. The van der Waals surface area contributed by atoms with Crippen LogP contribution in [0.4, 0.5) is 4.39 Å². The first kappa shape index (κ1) is 11.1. The maximum Gasteiger partial charge on any atom is 0.129 e. The summed E-state index contributed by atoms with van der Waals surface area (Å²) in [5.41, 5.74) is 2.48. The summed E-state index contributed by atoms with van der Waals surface area (Å²) in [6.07, 6.45) is 1.70. The van der Waals surface area contributed by atoms with Crippen molar-refractivity contribution < 1.29 is 4.39 Å². The second-order valence-electron chi connectivity index (χ2n) is 3.74. The van der Waals surface area contributed by atoms with Crippen molar-refractivity contribution in [2.24, 2.45) is 0 Å². The smallest absolute Gasteiger partial charge is 0.129 e. The van der Waals surface area contributed by atoms with Crippen LogP contribution in [-0.2, 0) is 6.54 Å². The van der Waals surface area contributed by atoms with Crippen molar-refractivity contribution in [1.82, 2.24) is 9.55 Å². The molecule has 16 heavy (non-hydrogen) atoms. The van der Waals surface area contributed by atoms with E-state index >= 15 is 0 Å². The second-order valence-corrected chi connectivity index (χ2v) is 4.15. The standard InChI is InChI=1S/C12H12ClFN2/c1-8-9(2)16(7-15-8)6-10-11(13)4-3-5-12(10)14/h3-5,7H,6H2,1-2H3. The lowest BCUT2D eigenvalue weighted by molar-refractivity contribution is 0.597. The average molecular weight is 239 g/mol. The topological polar surface area (TPSA) is 17.8 Å². The first-order valence-corrected chi connectivity index (χ1v) is 5.38. The molecule has 0 amide bonds. The van der Waals surface area contributed by atoms with Gasteiger partial charge in [-0.3, -0.25) is 0 Å². The van der Waals surface area contributed by atoms with Crippen LogP contribution in [0.3, 0.4) is 0 Å². The van der Waals surface area contributed by atoms with Crippen LogP contribution < -0.4 is 0 Å². The molecule has 0 unspecified atom stereocenters. The van der Waals surface area contributed by atoms with Gasteiger partial charge in [0.05, 0.1) is 18.6 Å². The van der Waals surface area contributed by atoms with Crippen LogP contribution >= 0.6 is 11.6 Å². The molecule has 2 aromatic rings. The van der Waals surface area contributed by atoms with Crippen LogP contribution in [0.5, 0.6) is 0 Å². The molecule has 0 bridgehead atoms. The van der Waals surface area contributed by atoms with Crippen molar-refractivity contribution in [1.29, 1.82) is 0 Å². The van der Waals surface area contributed by atoms with Gasteiger partial charge >= 0.3 is 0 Å². The Labute approximate surface area is 98.7 Å². The minimum Gasteiger partial charge on any atom is -0.330 e.